The number of benzene rings is 2. The first kappa shape index (κ1) is 19.2. The summed E-state index contributed by atoms with van der Waals surface area (Å²) in [5.41, 5.74) is 1.81. The van der Waals surface area contributed by atoms with Crippen LogP contribution in [0.25, 0.3) is 0 Å². The Morgan fingerprint density at radius 1 is 1.04 bits per heavy atom. The first-order chi connectivity index (χ1) is 13.0. The average molecular weight is 386 g/mol. The van der Waals surface area contributed by atoms with Gasteiger partial charge in [-0.2, -0.15) is 0 Å². The molecule has 1 saturated heterocycles. The number of rotatable bonds is 4. The quantitative estimate of drug-likeness (QED) is 0.816. The number of para-hydroxylation sites is 1. The zero-order chi connectivity index (χ0) is 19.2. The smallest absolute Gasteiger partial charge is 0.317 e. The van der Waals surface area contributed by atoms with Gasteiger partial charge in [-0.05, 0) is 49.6 Å². The molecule has 0 saturated carbocycles. The Bertz CT molecular complexity index is 772. The van der Waals surface area contributed by atoms with Crippen molar-refractivity contribution < 1.29 is 9.59 Å². The number of likely N-dealkylation sites (tertiary alicyclic amines) is 1. The largest absolute Gasteiger partial charge is 0.331 e. The van der Waals surface area contributed by atoms with E-state index in [9.17, 15) is 9.59 Å². The van der Waals surface area contributed by atoms with Crippen LogP contribution in [-0.2, 0) is 4.79 Å². The molecular weight excluding hydrogens is 362 g/mol. The van der Waals surface area contributed by atoms with E-state index in [0.29, 0.717) is 31.0 Å². The van der Waals surface area contributed by atoms with E-state index in [-0.39, 0.29) is 23.9 Å². The van der Waals surface area contributed by atoms with Gasteiger partial charge in [0, 0.05) is 29.7 Å². The number of urea groups is 1. The van der Waals surface area contributed by atoms with E-state index in [1.807, 2.05) is 61.5 Å². The zero-order valence-electron chi connectivity index (χ0n) is 15.3. The highest BCUT2D eigenvalue weighted by Crippen LogP contribution is 2.21. The molecule has 0 unspecified atom stereocenters. The number of nitrogens with zero attached hydrogens (tertiary/aromatic N) is 1. The maximum absolute atomic E-state index is 12.5. The van der Waals surface area contributed by atoms with Crippen molar-refractivity contribution >= 4 is 29.2 Å². The van der Waals surface area contributed by atoms with Gasteiger partial charge in [0.05, 0.1) is 6.04 Å². The number of nitrogens with one attached hydrogen (secondary N) is 2. The molecule has 0 radical (unpaired) electrons. The van der Waals surface area contributed by atoms with Crippen molar-refractivity contribution in [3.05, 3.63) is 65.2 Å². The van der Waals surface area contributed by atoms with Crippen molar-refractivity contribution in [2.45, 2.75) is 25.8 Å². The van der Waals surface area contributed by atoms with Gasteiger partial charge in [-0.1, -0.05) is 41.9 Å². The number of piperidine rings is 1. The maximum Gasteiger partial charge on any atom is 0.317 e. The third-order valence-electron chi connectivity index (χ3n) is 4.90. The van der Waals surface area contributed by atoms with Gasteiger partial charge in [-0.25, -0.2) is 4.79 Å². The number of anilines is 1. The van der Waals surface area contributed by atoms with Crippen LogP contribution in [0.4, 0.5) is 10.5 Å². The first-order valence-electron chi connectivity index (χ1n) is 9.20. The molecule has 1 atom stereocenters. The van der Waals surface area contributed by atoms with Gasteiger partial charge in [0.1, 0.15) is 0 Å². The number of halogens is 1. The molecule has 1 aliphatic rings. The summed E-state index contributed by atoms with van der Waals surface area (Å²) >= 11 is 5.91. The number of carbonyl (C=O) groups is 2. The van der Waals surface area contributed by atoms with Crippen molar-refractivity contribution in [2.24, 2.45) is 5.92 Å². The molecule has 1 fully saturated rings. The summed E-state index contributed by atoms with van der Waals surface area (Å²) < 4.78 is 0. The number of carbonyl (C=O) groups excluding carboxylic acids is 2. The predicted octanol–water partition coefficient (Wildman–Crippen LogP) is 4.46. The third kappa shape index (κ3) is 5.23. The van der Waals surface area contributed by atoms with E-state index in [0.717, 1.165) is 11.3 Å². The van der Waals surface area contributed by atoms with Crippen molar-refractivity contribution in [3.8, 4) is 0 Å². The maximum atomic E-state index is 12.5. The van der Waals surface area contributed by atoms with Crippen LogP contribution in [0, 0.1) is 5.92 Å². The first-order valence-corrected chi connectivity index (χ1v) is 9.57. The Balaban J connectivity index is 1.47. The summed E-state index contributed by atoms with van der Waals surface area (Å²) in [4.78, 5) is 26.7. The van der Waals surface area contributed by atoms with Crippen LogP contribution < -0.4 is 10.6 Å². The van der Waals surface area contributed by atoms with Crippen LogP contribution in [-0.4, -0.2) is 29.9 Å². The van der Waals surface area contributed by atoms with Gasteiger partial charge in [0.15, 0.2) is 0 Å². The second-order valence-corrected chi connectivity index (χ2v) is 7.28. The summed E-state index contributed by atoms with van der Waals surface area (Å²) in [6, 6.07) is 16.7. The molecule has 6 heteroatoms. The van der Waals surface area contributed by atoms with Crippen LogP contribution in [0.3, 0.4) is 0 Å². The summed E-state index contributed by atoms with van der Waals surface area (Å²) in [7, 11) is 0. The van der Waals surface area contributed by atoms with Gasteiger partial charge >= 0.3 is 6.03 Å². The second kappa shape index (κ2) is 8.91. The second-order valence-electron chi connectivity index (χ2n) is 6.84. The van der Waals surface area contributed by atoms with Gasteiger partial charge < -0.3 is 15.5 Å². The highest BCUT2D eigenvalue weighted by Gasteiger charge is 2.28. The zero-order valence-corrected chi connectivity index (χ0v) is 16.1. The average Bonchev–Trinajstić information content (AvgIpc) is 2.69. The van der Waals surface area contributed by atoms with E-state index >= 15 is 0 Å². The molecule has 1 aliphatic heterocycles. The Morgan fingerprint density at radius 3 is 2.30 bits per heavy atom. The lowest BCUT2D eigenvalue weighted by atomic mass is 9.96. The fraction of sp³-hybridized carbons (Fsp3) is 0.333. The monoisotopic (exact) mass is 385 g/mol. The van der Waals surface area contributed by atoms with Crippen molar-refractivity contribution in [3.63, 3.8) is 0 Å². The number of hydrogen-bond acceptors (Lipinski definition) is 2. The number of amides is 3. The molecule has 27 heavy (non-hydrogen) atoms. The van der Waals surface area contributed by atoms with E-state index in [1.165, 1.54) is 0 Å². The summed E-state index contributed by atoms with van der Waals surface area (Å²) in [6.45, 7) is 3.10. The normalized spacial score (nSPS) is 15.9. The predicted molar refractivity (Wildman–Crippen MR) is 108 cm³/mol. The van der Waals surface area contributed by atoms with Crippen LogP contribution in [0.2, 0.25) is 5.02 Å². The molecule has 0 bridgehead atoms. The van der Waals surface area contributed by atoms with Gasteiger partial charge in [0.25, 0.3) is 0 Å². The minimum absolute atomic E-state index is 0.0239. The van der Waals surface area contributed by atoms with Crippen molar-refractivity contribution in [1.82, 2.24) is 10.2 Å². The lowest BCUT2D eigenvalue weighted by Crippen LogP contribution is -2.46. The molecule has 2 N–H and O–H groups in total. The van der Waals surface area contributed by atoms with E-state index in [1.54, 1.807) is 4.90 Å². The Morgan fingerprint density at radius 2 is 1.67 bits per heavy atom. The van der Waals surface area contributed by atoms with Gasteiger partial charge in [-0.3, -0.25) is 4.79 Å². The summed E-state index contributed by atoms with van der Waals surface area (Å²) in [5, 5.41) is 6.63. The van der Waals surface area contributed by atoms with Crippen LogP contribution in [0.5, 0.6) is 0 Å². The molecule has 0 aliphatic carbocycles. The Kier molecular flexibility index (Phi) is 6.35. The fourth-order valence-corrected chi connectivity index (χ4v) is 3.35. The fourth-order valence-electron chi connectivity index (χ4n) is 3.22. The van der Waals surface area contributed by atoms with Gasteiger partial charge in [0.2, 0.25) is 5.91 Å². The van der Waals surface area contributed by atoms with Crippen LogP contribution in [0.15, 0.2) is 54.6 Å². The SMILES string of the molecule is C[C@H](NC(=O)N1CCC(C(=O)Nc2ccccc2)CC1)c1ccc(Cl)cc1. The van der Waals surface area contributed by atoms with E-state index < -0.39 is 0 Å². The van der Waals surface area contributed by atoms with Crippen molar-refractivity contribution in [1.29, 1.82) is 0 Å². The molecule has 2 aromatic carbocycles. The minimum atomic E-state index is -0.103. The Labute approximate surface area is 164 Å². The third-order valence-corrected chi connectivity index (χ3v) is 5.16. The number of hydrogen-bond donors (Lipinski definition) is 2. The highest BCUT2D eigenvalue weighted by molar-refractivity contribution is 6.30. The molecule has 5 nitrogen and oxygen atoms in total. The molecule has 3 amide bonds. The molecular formula is C21H24ClN3O2. The lowest BCUT2D eigenvalue weighted by molar-refractivity contribution is -0.121. The van der Waals surface area contributed by atoms with E-state index in [2.05, 4.69) is 10.6 Å². The molecule has 3 rings (SSSR count). The summed E-state index contributed by atoms with van der Waals surface area (Å²) in [5.74, 6) is -0.0428. The molecule has 2 aromatic rings. The van der Waals surface area contributed by atoms with E-state index in [4.69, 9.17) is 11.6 Å². The lowest BCUT2D eigenvalue weighted by Gasteiger charge is -2.32. The van der Waals surface area contributed by atoms with Crippen LogP contribution >= 0.6 is 11.6 Å². The van der Waals surface area contributed by atoms with Crippen molar-refractivity contribution in [2.75, 3.05) is 18.4 Å². The highest BCUT2D eigenvalue weighted by atomic mass is 35.5. The standard InChI is InChI=1S/C21H24ClN3O2/c1-15(16-7-9-18(22)10-8-16)23-21(27)25-13-11-17(12-14-25)20(26)24-19-5-3-2-4-6-19/h2-10,15,17H,11-14H2,1H3,(H,23,27)(H,24,26)/t15-/m0/s1. The topological polar surface area (TPSA) is 61.4 Å². The molecule has 142 valence electrons. The molecule has 0 spiro atoms. The minimum Gasteiger partial charge on any atom is -0.331 e. The van der Waals surface area contributed by atoms with Gasteiger partial charge in [-0.15, -0.1) is 0 Å². The molecule has 0 aromatic heterocycles. The summed E-state index contributed by atoms with van der Waals surface area (Å²) in [6.07, 6.45) is 1.34. The van der Waals surface area contributed by atoms with Crippen LogP contribution in [0.1, 0.15) is 31.4 Å². The Hall–Kier alpha value is -2.53. The molecule has 1 heterocycles.